The summed E-state index contributed by atoms with van der Waals surface area (Å²) >= 11 is 0. The van der Waals surface area contributed by atoms with E-state index >= 15 is 0 Å². The minimum atomic E-state index is 0.171. The maximum Gasteiger partial charge on any atom is 0.196 e. The molecule has 4 heteroatoms. The van der Waals surface area contributed by atoms with E-state index in [1.165, 1.54) is 23.1 Å². The van der Waals surface area contributed by atoms with E-state index in [0.717, 1.165) is 31.0 Å². The summed E-state index contributed by atoms with van der Waals surface area (Å²) in [7, 11) is 0. The lowest BCUT2D eigenvalue weighted by molar-refractivity contribution is 0.171. The third-order valence-corrected chi connectivity index (χ3v) is 7.39. The van der Waals surface area contributed by atoms with E-state index in [4.69, 9.17) is 9.73 Å². The summed E-state index contributed by atoms with van der Waals surface area (Å²) in [5.74, 6) is 2.63. The number of hydrogen-bond acceptors (Lipinski definition) is 4. The fraction of sp³-hybridized carbons (Fsp3) is 0.400. The van der Waals surface area contributed by atoms with Crippen LogP contribution in [0.2, 0.25) is 0 Å². The van der Waals surface area contributed by atoms with Gasteiger partial charge in [0.25, 0.3) is 0 Å². The number of fused-ring (bicyclic) bond motifs is 7. The highest BCUT2D eigenvalue weighted by atomic mass is 16.5. The van der Waals surface area contributed by atoms with Gasteiger partial charge in [-0.1, -0.05) is 54.7 Å². The van der Waals surface area contributed by atoms with E-state index in [0.29, 0.717) is 24.0 Å². The van der Waals surface area contributed by atoms with E-state index in [1.807, 2.05) is 0 Å². The average Bonchev–Trinajstić information content (AvgIpc) is 3.42. The highest BCUT2D eigenvalue weighted by Gasteiger charge is 2.47. The molecular weight excluding hydrogens is 358 g/mol. The summed E-state index contributed by atoms with van der Waals surface area (Å²) in [6.07, 6.45) is 27.6. The molecule has 0 radical (unpaired) electrons. The van der Waals surface area contributed by atoms with Gasteiger partial charge in [0.1, 0.15) is 11.9 Å². The standard InChI is InChI=1S/C25H25N3O/c1-4-11-23-17(6-1)18-8-5-7-16(24(18)29-23)15-12-13-20-22(14-15)28-21-10-3-2-9-19(21)26-25(28)27-20/h1,3-4,6-7,10-14,17,19-23H,2,5,8-9H2,(H,26,27). The molecule has 6 unspecified atom stereocenters. The van der Waals surface area contributed by atoms with Crippen LogP contribution in [0.25, 0.3) is 0 Å². The lowest BCUT2D eigenvalue weighted by Crippen LogP contribution is -2.44. The Labute approximate surface area is 171 Å². The summed E-state index contributed by atoms with van der Waals surface area (Å²) < 4.78 is 6.45. The van der Waals surface area contributed by atoms with E-state index in [2.05, 4.69) is 71.0 Å². The monoisotopic (exact) mass is 383 g/mol. The second kappa shape index (κ2) is 5.88. The van der Waals surface area contributed by atoms with Crippen LogP contribution < -0.4 is 5.32 Å². The van der Waals surface area contributed by atoms with E-state index < -0.39 is 0 Å². The first-order valence-electron chi connectivity index (χ1n) is 11.0. The van der Waals surface area contributed by atoms with Crippen LogP contribution in [0.15, 0.2) is 88.2 Å². The van der Waals surface area contributed by atoms with E-state index in [-0.39, 0.29) is 12.1 Å². The Bertz CT molecular complexity index is 1020. The molecule has 7 aliphatic rings. The molecule has 7 rings (SSSR count). The Morgan fingerprint density at radius 1 is 1.07 bits per heavy atom. The molecule has 0 saturated carbocycles. The second-order valence-electron chi connectivity index (χ2n) is 8.96. The van der Waals surface area contributed by atoms with Crippen molar-refractivity contribution in [2.75, 3.05) is 0 Å². The van der Waals surface area contributed by atoms with Crippen molar-refractivity contribution >= 4 is 5.96 Å². The molecule has 4 aliphatic carbocycles. The Balaban J connectivity index is 1.24. The molecular formula is C25H25N3O. The number of nitrogens with zero attached hydrogens (tertiary/aromatic N) is 2. The van der Waals surface area contributed by atoms with Crippen molar-refractivity contribution < 1.29 is 4.74 Å². The first-order chi connectivity index (χ1) is 14.4. The van der Waals surface area contributed by atoms with Crippen molar-refractivity contribution in [3.63, 3.8) is 0 Å². The van der Waals surface area contributed by atoms with Crippen LogP contribution in [0.1, 0.15) is 25.7 Å². The number of rotatable bonds is 1. The molecule has 0 aromatic rings. The summed E-state index contributed by atoms with van der Waals surface area (Å²) in [6, 6.07) is 1.45. The van der Waals surface area contributed by atoms with Gasteiger partial charge in [-0.05, 0) is 42.9 Å². The van der Waals surface area contributed by atoms with Gasteiger partial charge in [0.2, 0.25) is 0 Å². The van der Waals surface area contributed by atoms with Crippen molar-refractivity contribution in [3.05, 3.63) is 83.2 Å². The van der Waals surface area contributed by atoms with Crippen LogP contribution in [0.3, 0.4) is 0 Å². The topological polar surface area (TPSA) is 36.9 Å². The molecule has 1 fully saturated rings. The molecule has 3 heterocycles. The molecule has 4 nitrogen and oxygen atoms in total. The zero-order valence-corrected chi connectivity index (χ0v) is 16.4. The molecule has 29 heavy (non-hydrogen) atoms. The first kappa shape index (κ1) is 16.1. The Kier molecular flexibility index (Phi) is 3.26. The smallest absolute Gasteiger partial charge is 0.196 e. The van der Waals surface area contributed by atoms with Crippen molar-refractivity contribution in [2.24, 2.45) is 10.9 Å². The van der Waals surface area contributed by atoms with Crippen molar-refractivity contribution in [1.82, 2.24) is 10.2 Å². The summed E-state index contributed by atoms with van der Waals surface area (Å²) in [6.45, 7) is 0. The fourth-order valence-electron chi connectivity index (χ4n) is 6.03. The maximum absolute atomic E-state index is 6.45. The minimum Gasteiger partial charge on any atom is -0.485 e. The number of aliphatic imine (C=N–C) groups is 1. The first-order valence-corrected chi connectivity index (χ1v) is 11.0. The highest BCUT2D eigenvalue weighted by molar-refractivity contribution is 5.87. The van der Waals surface area contributed by atoms with Crippen LogP contribution in [0.4, 0.5) is 0 Å². The van der Waals surface area contributed by atoms with E-state index in [9.17, 15) is 0 Å². The SMILES string of the molecule is C1=CC2OC3=C(CCC=C3C3=CC4C(C=C3)N=C3NC5CCC=CC5N34)C2C=C1. The van der Waals surface area contributed by atoms with Gasteiger partial charge in [-0.15, -0.1) is 0 Å². The van der Waals surface area contributed by atoms with Gasteiger partial charge >= 0.3 is 0 Å². The van der Waals surface area contributed by atoms with Gasteiger partial charge in [0.15, 0.2) is 5.96 Å². The van der Waals surface area contributed by atoms with Crippen LogP contribution in [-0.4, -0.2) is 41.1 Å². The largest absolute Gasteiger partial charge is 0.485 e. The normalized spacial score (nSPS) is 40.3. The number of nitrogens with one attached hydrogen (secondary N) is 1. The second-order valence-corrected chi connectivity index (χ2v) is 8.96. The number of ether oxygens (including phenoxy) is 1. The molecule has 0 bridgehead atoms. The molecule has 3 aliphatic heterocycles. The zero-order chi connectivity index (χ0) is 18.9. The van der Waals surface area contributed by atoms with Crippen LogP contribution >= 0.6 is 0 Å². The van der Waals surface area contributed by atoms with Gasteiger partial charge in [0.05, 0.1) is 24.2 Å². The predicted molar refractivity (Wildman–Crippen MR) is 114 cm³/mol. The third kappa shape index (κ3) is 2.23. The third-order valence-electron chi connectivity index (χ3n) is 7.39. The lowest BCUT2D eigenvalue weighted by Gasteiger charge is -2.33. The molecule has 0 spiro atoms. The van der Waals surface area contributed by atoms with Crippen LogP contribution in [-0.2, 0) is 4.74 Å². The van der Waals surface area contributed by atoms with Gasteiger partial charge in [-0.25, -0.2) is 4.99 Å². The Morgan fingerprint density at radius 3 is 3.03 bits per heavy atom. The van der Waals surface area contributed by atoms with E-state index in [1.54, 1.807) is 0 Å². The molecule has 0 aromatic heterocycles. The van der Waals surface area contributed by atoms with Crippen LogP contribution in [0.5, 0.6) is 0 Å². The summed E-state index contributed by atoms with van der Waals surface area (Å²) in [5, 5.41) is 3.67. The fourth-order valence-corrected chi connectivity index (χ4v) is 6.03. The molecule has 1 saturated heterocycles. The Hall–Kier alpha value is -2.75. The highest BCUT2D eigenvalue weighted by Crippen LogP contribution is 2.46. The average molecular weight is 383 g/mol. The quantitative estimate of drug-likeness (QED) is 0.702. The molecule has 146 valence electrons. The number of hydrogen-bond donors (Lipinski definition) is 1. The van der Waals surface area contributed by atoms with Crippen molar-refractivity contribution in [1.29, 1.82) is 0 Å². The van der Waals surface area contributed by atoms with Crippen LogP contribution in [0, 0.1) is 5.92 Å². The number of allylic oxidation sites excluding steroid dienone is 6. The summed E-state index contributed by atoms with van der Waals surface area (Å²) in [4.78, 5) is 7.49. The minimum absolute atomic E-state index is 0.171. The molecule has 6 atom stereocenters. The van der Waals surface area contributed by atoms with Gasteiger partial charge < -0.3 is 15.0 Å². The number of guanidine groups is 1. The zero-order valence-electron chi connectivity index (χ0n) is 16.4. The van der Waals surface area contributed by atoms with Crippen molar-refractivity contribution in [2.45, 2.75) is 56.0 Å². The predicted octanol–water partition coefficient (Wildman–Crippen LogP) is 3.70. The van der Waals surface area contributed by atoms with Gasteiger partial charge in [-0.2, -0.15) is 0 Å². The maximum atomic E-state index is 6.45. The molecule has 0 aromatic carbocycles. The lowest BCUT2D eigenvalue weighted by atomic mass is 9.82. The molecule has 1 N–H and O–H groups in total. The van der Waals surface area contributed by atoms with Crippen molar-refractivity contribution in [3.8, 4) is 0 Å². The Morgan fingerprint density at radius 2 is 2.03 bits per heavy atom. The van der Waals surface area contributed by atoms with Gasteiger partial charge in [0, 0.05) is 11.5 Å². The summed E-state index contributed by atoms with van der Waals surface area (Å²) in [5.41, 5.74) is 4.06. The molecule has 0 amide bonds. The van der Waals surface area contributed by atoms with Gasteiger partial charge in [-0.3, -0.25) is 0 Å².